The number of nitrogens with zero attached hydrogens (tertiary/aromatic N) is 4. The fraction of sp³-hybridized carbons (Fsp3) is 0.333. The molecular weight excluding hydrogens is 458 g/mol. The Kier molecular flexibility index (Phi) is 7.80. The van der Waals surface area contributed by atoms with Crippen LogP contribution in [0.1, 0.15) is 42.9 Å². The molecule has 0 aliphatic rings. The monoisotopic (exact) mass is 489 g/mol. The number of furan rings is 1. The van der Waals surface area contributed by atoms with Crippen LogP contribution < -0.4 is 10.2 Å². The summed E-state index contributed by atoms with van der Waals surface area (Å²) in [6.45, 7) is 6.55. The number of rotatable bonds is 10. The quantitative estimate of drug-likeness (QED) is 0.338. The van der Waals surface area contributed by atoms with Gasteiger partial charge in [-0.1, -0.05) is 43.3 Å². The van der Waals surface area contributed by atoms with Gasteiger partial charge in [0.05, 0.1) is 12.1 Å². The molecular formula is C27H31N5O4. The zero-order valence-electron chi connectivity index (χ0n) is 21.0. The lowest BCUT2D eigenvalue weighted by atomic mass is 10.0. The molecule has 0 bridgehead atoms. The van der Waals surface area contributed by atoms with Gasteiger partial charge in [0.15, 0.2) is 6.04 Å². The van der Waals surface area contributed by atoms with Crippen LogP contribution in [0.5, 0.6) is 0 Å². The SMILES string of the molecule is COCCNC(=O)C(c1ccc(C)o1)N(C(=O)Cn1nnc2ccccc21)c1ccc(C(C)C)cc1. The molecule has 9 nitrogen and oxygen atoms in total. The lowest BCUT2D eigenvalue weighted by Gasteiger charge is -2.30. The summed E-state index contributed by atoms with van der Waals surface area (Å²) >= 11 is 0. The third-order valence-corrected chi connectivity index (χ3v) is 5.95. The molecule has 0 aliphatic heterocycles. The number of carbonyl (C=O) groups excluding carboxylic acids is 2. The molecule has 0 saturated carbocycles. The fourth-order valence-corrected chi connectivity index (χ4v) is 4.04. The minimum Gasteiger partial charge on any atom is -0.464 e. The van der Waals surface area contributed by atoms with Crippen LogP contribution in [0, 0.1) is 6.92 Å². The fourth-order valence-electron chi connectivity index (χ4n) is 4.04. The average molecular weight is 490 g/mol. The number of fused-ring (bicyclic) bond motifs is 1. The number of para-hydroxylation sites is 1. The first-order valence-electron chi connectivity index (χ1n) is 11.9. The van der Waals surface area contributed by atoms with Gasteiger partial charge >= 0.3 is 0 Å². The standard InChI is InChI=1S/C27H31N5O4/c1-18(2)20-10-12-21(13-11-20)32(25(33)17-31-23-8-6-5-7-22(23)29-30-31)26(24-14-9-19(3)36-24)27(34)28-15-16-35-4/h5-14,18,26H,15-17H2,1-4H3,(H,28,34). The van der Waals surface area contributed by atoms with E-state index in [4.69, 9.17) is 9.15 Å². The molecule has 0 fully saturated rings. The van der Waals surface area contributed by atoms with Crippen LogP contribution in [0.2, 0.25) is 0 Å². The molecule has 1 atom stereocenters. The summed E-state index contributed by atoms with van der Waals surface area (Å²) in [4.78, 5) is 28.9. The Hall–Kier alpha value is -3.98. The van der Waals surface area contributed by atoms with E-state index in [-0.39, 0.29) is 18.4 Å². The summed E-state index contributed by atoms with van der Waals surface area (Å²) < 4.78 is 12.5. The van der Waals surface area contributed by atoms with E-state index in [9.17, 15) is 9.59 Å². The van der Waals surface area contributed by atoms with E-state index in [2.05, 4.69) is 29.5 Å². The molecule has 4 rings (SSSR count). The van der Waals surface area contributed by atoms with Crippen LogP contribution in [0.3, 0.4) is 0 Å². The Bertz CT molecular complexity index is 1330. The molecule has 188 valence electrons. The first-order chi connectivity index (χ1) is 17.4. The molecule has 9 heteroatoms. The number of benzene rings is 2. The summed E-state index contributed by atoms with van der Waals surface area (Å²) in [5, 5.41) is 11.2. The summed E-state index contributed by atoms with van der Waals surface area (Å²) in [6.07, 6.45) is 0. The van der Waals surface area contributed by atoms with E-state index in [1.165, 1.54) is 4.90 Å². The number of hydrogen-bond acceptors (Lipinski definition) is 6. The van der Waals surface area contributed by atoms with Crippen LogP contribution in [0.25, 0.3) is 11.0 Å². The van der Waals surface area contributed by atoms with E-state index < -0.39 is 6.04 Å². The van der Waals surface area contributed by atoms with Crippen molar-refractivity contribution >= 4 is 28.5 Å². The van der Waals surface area contributed by atoms with Gasteiger partial charge in [-0.05, 0) is 54.8 Å². The van der Waals surface area contributed by atoms with Gasteiger partial charge in [0.25, 0.3) is 5.91 Å². The first-order valence-corrected chi connectivity index (χ1v) is 11.9. The van der Waals surface area contributed by atoms with Gasteiger partial charge in [-0.25, -0.2) is 4.68 Å². The van der Waals surface area contributed by atoms with Gasteiger partial charge in [0.2, 0.25) is 5.91 Å². The van der Waals surface area contributed by atoms with E-state index in [1.54, 1.807) is 30.8 Å². The molecule has 2 aromatic carbocycles. The van der Waals surface area contributed by atoms with Gasteiger partial charge in [-0.2, -0.15) is 0 Å². The largest absolute Gasteiger partial charge is 0.464 e. The summed E-state index contributed by atoms with van der Waals surface area (Å²) in [7, 11) is 1.56. The topological polar surface area (TPSA) is 102 Å². The molecule has 2 heterocycles. The molecule has 2 aromatic heterocycles. The Morgan fingerprint density at radius 2 is 1.83 bits per heavy atom. The van der Waals surface area contributed by atoms with Crippen molar-refractivity contribution in [1.29, 1.82) is 0 Å². The van der Waals surface area contributed by atoms with Crippen molar-refractivity contribution in [2.75, 3.05) is 25.2 Å². The Labute approximate surface area is 210 Å². The number of ether oxygens (including phenoxy) is 1. The number of nitrogens with one attached hydrogen (secondary N) is 1. The molecule has 4 aromatic rings. The highest BCUT2D eigenvalue weighted by molar-refractivity contribution is 6.01. The maximum absolute atomic E-state index is 13.9. The summed E-state index contributed by atoms with van der Waals surface area (Å²) in [5.74, 6) is 0.636. The van der Waals surface area contributed by atoms with Gasteiger partial charge in [0, 0.05) is 19.3 Å². The molecule has 2 amide bonds. The molecule has 1 unspecified atom stereocenters. The number of anilines is 1. The zero-order chi connectivity index (χ0) is 25.7. The van der Waals surface area contributed by atoms with Crippen LogP contribution in [-0.2, 0) is 20.9 Å². The predicted molar refractivity (Wildman–Crippen MR) is 137 cm³/mol. The molecule has 36 heavy (non-hydrogen) atoms. The van der Waals surface area contributed by atoms with Gasteiger partial charge in [0.1, 0.15) is 23.6 Å². The highest BCUT2D eigenvalue weighted by Crippen LogP contribution is 2.31. The number of amides is 2. The maximum atomic E-state index is 13.9. The van der Waals surface area contributed by atoms with E-state index >= 15 is 0 Å². The molecule has 0 spiro atoms. The molecule has 1 N–H and O–H groups in total. The van der Waals surface area contributed by atoms with E-state index in [0.29, 0.717) is 41.8 Å². The second-order valence-electron chi connectivity index (χ2n) is 8.88. The molecule has 0 radical (unpaired) electrons. The van der Waals surface area contributed by atoms with Crippen molar-refractivity contribution in [2.24, 2.45) is 0 Å². The van der Waals surface area contributed by atoms with Gasteiger partial charge in [-0.15, -0.1) is 5.10 Å². The summed E-state index contributed by atoms with van der Waals surface area (Å²) in [5.41, 5.74) is 3.13. The van der Waals surface area contributed by atoms with Gasteiger partial charge < -0.3 is 14.5 Å². The minimum absolute atomic E-state index is 0.103. The van der Waals surface area contributed by atoms with Crippen molar-refractivity contribution in [3.05, 3.63) is 77.7 Å². The summed E-state index contributed by atoms with van der Waals surface area (Å²) in [6, 6.07) is 17.6. The normalized spacial score (nSPS) is 12.1. The third-order valence-electron chi connectivity index (χ3n) is 5.95. The number of hydrogen-bond donors (Lipinski definition) is 1. The Morgan fingerprint density at radius 1 is 1.08 bits per heavy atom. The van der Waals surface area contributed by atoms with Crippen LogP contribution >= 0.6 is 0 Å². The average Bonchev–Trinajstić information content (AvgIpc) is 3.48. The predicted octanol–water partition coefficient (Wildman–Crippen LogP) is 3.99. The number of methoxy groups -OCH3 is 1. The number of carbonyl (C=O) groups is 2. The third kappa shape index (κ3) is 5.46. The lowest BCUT2D eigenvalue weighted by molar-refractivity contribution is -0.127. The minimum atomic E-state index is -1.03. The van der Waals surface area contributed by atoms with Crippen molar-refractivity contribution in [1.82, 2.24) is 20.3 Å². The van der Waals surface area contributed by atoms with Crippen molar-refractivity contribution in [3.63, 3.8) is 0 Å². The van der Waals surface area contributed by atoms with Crippen molar-refractivity contribution in [3.8, 4) is 0 Å². The van der Waals surface area contributed by atoms with Crippen LogP contribution in [0.15, 0.2) is 65.1 Å². The van der Waals surface area contributed by atoms with E-state index in [0.717, 1.165) is 11.1 Å². The first kappa shape index (κ1) is 25.1. The number of aryl methyl sites for hydroxylation is 1. The second kappa shape index (κ2) is 11.2. The van der Waals surface area contributed by atoms with Crippen LogP contribution in [0.4, 0.5) is 5.69 Å². The van der Waals surface area contributed by atoms with Crippen LogP contribution in [-0.4, -0.2) is 47.1 Å². The van der Waals surface area contributed by atoms with Gasteiger partial charge in [-0.3, -0.25) is 14.5 Å². The molecule has 0 saturated heterocycles. The Balaban J connectivity index is 1.76. The highest BCUT2D eigenvalue weighted by Gasteiger charge is 2.35. The second-order valence-corrected chi connectivity index (χ2v) is 8.88. The zero-order valence-corrected chi connectivity index (χ0v) is 21.0. The van der Waals surface area contributed by atoms with Crippen molar-refractivity contribution < 1.29 is 18.7 Å². The highest BCUT2D eigenvalue weighted by atomic mass is 16.5. The lowest BCUT2D eigenvalue weighted by Crippen LogP contribution is -2.45. The number of aromatic nitrogens is 3. The van der Waals surface area contributed by atoms with E-state index in [1.807, 2.05) is 48.5 Å². The smallest absolute Gasteiger partial charge is 0.251 e. The Morgan fingerprint density at radius 3 is 2.50 bits per heavy atom. The molecule has 0 aliphatic carbocycles. The van der Waals surface area contributed by atoms with Crippen molar-refractivity contribution in [2.45, 2.75) is 39.3 Å². The maximum Gasteiger partial charge on any atom is 0.251 e.